The lowest BCUT2D eigenvalue weighted by molar-refractivity contribution is 0.0564. The molecule has 2 aliphatic rings. The summed E-state index contributed by atoms with van der Waals surface area (Å²) in [5, 5.41) is 5.82. The molecule has 0 aromatic rings. The van der Waals surface area contributed by atoms with Gasteiger partial charge in [0.15, 0.2) is 0 Å². The highest BCUT2D eigenvalue weighted by Crippen LogP contribution is 2.30. The zero-order valence-corrected chi connectivity index (χ0v) is 20.1. The number of ether oxygens (including phenoxy) is 4. The van der Waals surface area contributed by atoms with E-state index in [1.807, 2.05) is 26.0 Å². The maximum absolute atomic E-state index is 11.9. The van der Waals surface area contributed by atoms with Crippen LogP contribution in [0.1, 0.15) is 65.2 Å². The Balaban J connectivity index is 1.39. The number of hydrogen-bond acceptors (Lipinski definition) is 6. The average Bonchev–Trinajstić information content (AvgIpc) is 2.82. The molecule has 0 heterocycles. The number of rotatable bonds is 14. The zero-order valence-electron chi connectivity index (χ0n) is 20.1. The van der Waals surface area contributed by atoms with Gasteiger partial charge in [0.25, 0.3) is 0 Å². The molecule has 0 aromatic carbocycles. The Bertz CT molecular complexity index is 538. The van der Waals surface area contributed by atoms with E-state index in [4.69, 9.17) is 18.9 Å². The van der Waals surface area contributed by atoms with Gasteiger partial charge in [-0.1, -0.05) is 12.2 Å². The molecular formula is C25H44N2O5. The summed E-state index contributed by atoms with van der Waals surface area (Å²) in [5.74, 6) is 2.37. The zero-order chi connectivity index (χ0) is 22.9. The molecule has 2 rings (SSSR count). The van der Waals surface area contributed by atoms with Gasteiger partial charge in [-0.05, 0) is 88.9 Å². The van der Waals surface area contributed by atoms with Crippen molar-refractivity contribution in [3.8, 4) is 0 Å². The molecule has 32 heavy (non-hydrogen) atoms. The minimum Gasteiger partial charge on any atom is -0.501 e. The van der Waals surface area contributed by atoms with Crippen molar-refractivity contribution in [1.82, 2.24) is 10.6 Å². The van der Waals surface area contributed by atoms with E-state index in [0.717, 1.165) is 45.5 Å². The van der Waals surface area contributed by atoms with Crippen molar-refractivity contribution < 1.29 is 23.7 Å². The van der Waals surface area contributed by atoms with E-state index < -0.39 is 0 Å². The van der Waals surface area contributed by atoms with E-state index in [-0.39, 0.29) is 6.09 Å². The lowest BCUT2D eigenvalue weighted by Crippen LogP contribution is -2.36. The molecular weight excluding hydrogens is 408 g/mol. The second-order valence-electron chi connectivity index (χ2n) is 9.10. The van der Waals surface area contributed by atoms with E-state index in [1.165, 1.54) is 25.7 Å². The van der Waals surface area contributed by atoms with Gasteiger partial charge in [0.2, 0.25) is 0 Å². The van der Waals surface area contributed by atoms with Crippen LogP contribution in [0.4, 0.5) is 4.79 Å². The summed E-state index contributed by atoms with van der Waals surface area (Å²) in [4.78, 5) is 11.9. The van der Waals surface area contributed by atoms with E-state index in [0.29, 0.717) is 43.7 Å². The maximum atomic E-state index is 11.9. The highest BCUT2D eigenvalue weighted by Gasteiger charge is 2.23. The number of nitrogens with one attached hydrogen (secondary N) is 2. The van der Waals surface area contributed by atoms with E-state index in [2.05, 4.69) is 10.6 Å². The molecule has 0 aromatic heterocycles. The van der Waals surface area contributed by atoms with Crippen LogP contribution in [0.15, 0.2) is 24.7 Å². The van der Waals surface area contributed by atoms with Gasteiger partial charge in [0.1, 0.15) is 0 Å². The molecule has 0 atom stereocenters. The van der Waals surface area contributed by atoms with Crippen LogP contribution < -0.4 is 10.6 Å². The van der Waals surface area contributed by atoms with E-state index in [9.17, 15) is 4.79 Å². The maximum Gasteiger partial charge on any atom is 0.408 e. The summed E-state index contributed by atoms with van der Waals surface area (Å²) in [7, 11) is 0. The molecule has 2 N–H and O–H groups in total. The Morgan fingerprint density at radius 3 is 1.72 bits per heavy atom. The first kappa shape index (κ1) is 26.5. The third-order valence-electron chi connectivity index (χ3n) is 6.43. The molecule has 2 saturated carbocycles. The number of carbonyl (C=O) groups is 1. The predicted octanol–water partition coefficient (Wildman–Crippen LogP) is 4.95. The molecule has 2 aliphatic carbocycles. The molecule has 7 nitrogen and oxygen atoms in total. The Hall–Kier alpha value is -1.73. The monoisotopic (exact) mass is 452 g/mol. The van der Waals surface area contributed by atoms with Crippen LogP contribution in [-0.2, 0) is 18.9 Å². The number of hydrogen-bond donors (Lipinski definition) is 2. The predicted molar refractivity (Wildman–Crippen MR) is 126 cm³/mol. The fraction of sp³-hybridized carbons (Fsp3) is 0.800. The third kappa shape index (κ3) is 11.8. The van der Waals surface area contributed by atoms with E-state index >= 15 is 0 Å². The van der Waals surface area contributed by atoms with E-state index in [1.54, 1.807) is 12.5 Å². The third-order valence-corrected chi connectivity index (χ3v) is 6.43. The smallest absolute Gasteiger partial charge is 0.408 e. The molecule has 2 fully saturated rings. The van der Waals surface area contributed by atoms with Crippen molar-refractivity contribution in [2.45, 2.75) is 65.2 Å². The number of amides is 1. The molecule has 7 heteroatoms. The minimum absolute atomic E-state index is 0.350. The summed E-state index contributed by atoms with van der Waals surface area (Å²) in [6.07, 6.45) is 16.3. The second-order valence-corrected chi connectivity index (χ2v) is 9.10. The van der Waals surface area contributed by atoms with Gasteiger partial charge in [0.05, 0.1) is 52.4 Å². The summed E-state index contributed by atoms with van der Waals surface area (Å²) >= 11 is 0. The van der Waals surface area contributed by atoms with Gasteiger partial charge < -0.3 is 24.3 Å². The number of carbonyl (C=O) groups excluding carboxylic acids is 1. The molecule has 0 unspecified atom stereocenters. The topological polar surface area (TPSA) is 78.1 Å². The quantitative estimate of drug-likeness (QED) is 0.221. The van der Waals surface area contributed by atoms with Crippen molar-refractivity contribution in [2.75, 3.05) is 39.8 Å². The standard InChI is InChI=1S/C25H44N2O5/c1-3-13-29-15-21-5-7-23(8-6-21)17-31-20-26-19-27-25(28)32-18-24-11-9-22(10-12-24)16-30-14-4-2/h3-4,13-14,21-24,26H,5-12,15-20H2,1-2H3,(H,27,28)/b13-3+,14-4+. The molecule has 0 saturated heterocycles. The largest absolute Gasteiger partial charge is 0.501 e. The van der Waals surface area contributed by atoms with Crippen molar-refractivity contribution in [2.24, 2.45) is 23.7 Å². The fourth-order valence-corrected chi connectivity index (χ4v) is 4.43. The fourth-order valence-electron chi connectivity index (χ4n) is 4.43. The Morgan fingerprint density at radius 1 is 0.750 bits per heavy atom. The number of alkyl carbamates (subject to hydrolysis) is 1. The van der Waals surface area contributed by atoms with Gasteiger partial charge >= 0.3 is 6.09 Å². The highest BCUT2D eigenvalue weighted by molar-refractivity contribution is 5.66. The van der Waals surface area contributed by atoms with Crippen molar-refractivity contribution in [1.29, 1.82) is 0 Å². The first-order valence-electron chi connectivity index (χ1n) is 12.4. The Morgan fingerprint density at radius 2 is 1.22 bits per heavy atom. The van der Waals surface area contributed by atoms with Crippen LogP contribution in [0.5, 0.6) is 0 Å². The molecule has 0 bridgehead atoms. The van der Waals surface area contributed by atoms with Crippen molar-refractivity contribution >= 4 is 6.09 Å². The molecule has 184 valence electrons. The summed E-state index contributed by atoms with van der Waals surface area (Å²) < 4.78 is 22.1. The van der Waals surface area contributed by atoms with Gasteiger partial charge in [-0.3, -0.25) is 5.32 Å². The van der Waals surface area contributed by atoms with Crippen LogP contribution in [-0.4, -0.2) is 45.9 Å². The van der Waals surface area contributed by atoms with Gasteiger partial charge in [-0.2, -0.15) is 0 Å². The first-order valence-corrected chi connectivity index (χ1v) is 12.4. The molecule has 0 spiro atoms. The van der Waals surface area contributed by atoms with Gasteiger partial charge in [-0.25, -0.2) is 4.79 Å². The van der Waals surface area contributed by atoms with Crippen molar-refractivity contribution in [3.63, 3.8) is 0 Å². The van der Waals surface area contributed by atoms with Crippen molar-refractivity contribution in [3.05, 3.63) is 24.7 Å². The van der Waals surface area contributed by atoms with Crippen LogP contribution in [0, 0.1) is 23.7 Å². The minimum atomic E-state index is -0.366. The lowest BCUT2D eigenvalue weighted by Gasteiger charge is -2.28. The normalized spacial score (nSPS) is 26.3. The highest BCUT2D eigenvalue weighted by atomic mass is 16.5. The lowest BCUT2D eigenvalue weighted by atomic mass is 9.83. The van der Waals surface area contributed by atoms with Gasteiger partial charge in [-0.15, -0.1) is 0 Å². The SMILES string of the molecule is C/C=C/OCC1CCC(COCNCNC(=O)OCC2CCC(CO/C=C/C)CC2)CC1. The van der Waals surface area contributed by atoms with Crippen LogP contribution in [0.25, 0.3) is 0 Å². The average molecular weight is 453 g/mol. The summed E-state index contributed by atoms with van der Waals surface area (Å²) in [5.41, 5.74) is 0. The molecule has 1 amide bonds. The van der Waals surface area contributed by atoms with Gasteiger partial charge in [0, 0.05) is 0 Å². The Labute approximate surface area is 194 Å². The van der Waals surface area contributed by atoms with Crippen LogP contribution >= 0.6 is 0 Å². The van der Waals surface area contributed by atoms with Crippen LogP contribution in [0.2, 0.25) is 0 Å². The number of allylic oxidation sites excluding steroid dienone is 2. The second kappa shape index (κ2) is 16.8. The summed E-state index contributed by atoms with van der Waals surface area (Å²) in [6, 6.07) is 0. The van der Waals surface area contributed by atoms with Crippen LogP contribution in [0.3, 0.4) is 0 Å². The Kier molecular flexibility index (Phi) is 14.0. The summed E-state index contributed by atoms with van der Waals surface area (Å²) in [6.45, 7) is 7.59. The first-order chi connectivity index (χ1) is 15.7. The molecule has 0 aliphatic heterocycles. The molecule has 0 radical (unpaired) electrons.